The molecule has 2 aliphatic rings. The minimum Gasteiger partial charge on any atom is -0.463 e. The molecule has 0 bridgehead atoms. The smallest absolute Gasteiger partial charge is 0.237 e. The van der Waals surface area contributed by atoms with Crippen molar-refractivity contribution >= 4 is 28.4 Å². The third kappa shape index (κ3) is 2.09. The van der Waals surface area contributed by atoms with Crippen molar-refractivity contribution in [3.8, 4) is 5.75 Å². The summed E-state index contributed by atoms with van der Waals surface area (Å²) in [5.41, 5.74) is 7.62. The number of ether oxygens (including phenoxy) is 1. The third-order valence-electron chi connectivity index (χ3n) is 6.15. The predicted octanol–water partition coefficient (Wildman–Crippen LogP) is 4.22. The van der Waals surface area contributed by atoms with Crippen molar-refractivity contribution in [2.45, 2.75) is 25.0 Å². The summed E-state index contributed by atoms with van der Waals surface area (Å²) in [6.45, 7) is 4.40. The summed E-state index contributed by atoms with van der Waals surface area (Å²) in [4.78, 5) is 13.9. The van der Waals surface area contributed by atoms with Gasteiger partial charge in [0, 0.05) is 11.3 Å². The molecule has 28 heavy (non-hydrogen) atoms. The van der Waals surface area contributed by atoms with Gasteiger partial charge in [0.15, 0.2) is 0 Å². The molecule has 1 atom stereocenters. The normalized spacial score (nSPS) is 21.4. The zero-order valence-electron chi connectivity index (χ0n) is 16.0. The number of benzene rings is 3. The maximum absolute atomic E-state index is 11.9. The van der Waals surface area contributed by atoms with Crippen molar-refractivity contribution in [1.82, 2.24) is 0 Å². The van der Waals surface area contributed by atoms with E-state index >= 15 is 0 Å². The number of nitrogens with zero attached hydrogens (tertiary/aromatic N) is 1. The van der Waals surface area contributed by atoms with Crippen LogP contribution in [0.15, 0.2) is 66.7 Å². The molecule has 3 aromatic carbocycles. The molecule has 140 valence electrons. The van der Waals surface area contributed by atoms with Gasteiger partial charge in [-0.05, 0) is 54.5 Å². The lowest BCUT2D eigenvalue weighted by atomic mass is 9.76. The molecule has 2 N–H and O–H groups in total. The number of rotatable bonds is 2. The molecule has 2 heterocycles. The molecular formula is C24H22N2O2. The van der Waals surface area contributed by atoms with Crippen LogP contribution in [0, 0.1) is 0 Å². The Labute approximate surface area is 164 Å². The standard InChI is InChI=1S/C24H22N2O2/c1-23(2)19-9-5-6-10-20(19)26(15-22(25)27)24(23)14-13-18-17-8-4-3-7-16(17)11-12-21(18)28-24/h3-14H,15H2,1-2H3,(H2,25,27). The van der Waals surface area contributed by atoms with Gasteiger partial charge in [0.25, 0.3) is 0 Å². The van der Waals surface area contributed by atoms with Gasteiger partial charge in [-0.25, -0.2) is 0 Å². The Balaban J connectivity index is 1.72. The van der Waals surface area contributed by atoms with Crippen LogP contribution >= 0.6 is 0 Å². The van der Waals surface area contributed by atoms with E-state index < -0.39 is 5.72 Å². The lowest BCUT2D eigenvalue weighted by Gasteiger charge is -2.46. The van der Waals surface area contributed by atoms with E-state index in [0.717, 1.165) is 28.0 Å². The van der Waals surface area contributed by atoms with Crippen LogP contribution in [0.2, 0.25) is 0 Å². The summed E-state index contributed by atoms with van der Waals surface area (Å²) in [7, 11) is 0. The van der Waals surface area contributed by atoms with Gasteiger partial charge in [0.05, 0.1) is 5.41 Å². The third-order valence-corrected chi connectivity index (χ3v) is 6.15. The zero-order chi connectivity index (χ0) is 19.5. The first kappa shape index (κ1) is 16.9. The second-order valence-electron chi connectivity index (χ2n) is 8.02. The number of para-hydroxylation sites is 1. The largest absolute Gasteiger partial charge is 0.463 e. The number of nitrogens with two attached hydrogens (primary N) is 1. The van der Waals surface area contributed by atoms with Crippen LogP contribution in [0.1, 0.15) is 25.0 Å². The summed E-state index contributed by atoms with van der Waals surface area (Å²) < 4.78 is 6.73. The van der Waals surface area contributed by atoms with Gasteiger partial charge < -0.3 is 15.4 Å². The second-order valence-corrected chi connectivity index (χ2v) is 8.02. The molecule has 1 amide bonds. The topological polar surface area (TPSA) is 55.6 Å². The Morgan fingerprint density at radius 1 is 1.04 bits per heavy atom. The molecule has 4 nitrogen and oxygen atoms in total. The molecule has 5 rings (SSSR count). The summed E-state index contributed by atoms with van der Waals surface area (Å²) in [5.74, 6) is 0.435. The van der Waals surface area contributed by atoms with Crippen molar-refractivity contribution in [1.29, 1.82) is 0 Å². The average molecular weight is 370 g/mol. The monoisotopic (exact) mass is 370 g/mol. The summed E-state index contributed by atoms with van der Waals surface area (Å²) in [6.07, 6.45) is 4.22. The maximum atomic E-state index is 11.9. The molecule has 0 aromatic heterocycles. The average Bonchev–Trinajstić information content (AvgIpc) is 2.86. The Kier molecular flexibility index (Phi) is 3.38. The quantitative estimate of drug-likeness (QED) is 0.735. The minimum atomic E-state index is -0.818. The fourth-order valence-electron chi connectivity index (χ4n) is 4.72. The van der Waals surface area contributed by atoms with Gasteiger partial charge in [-0.1, -0.05) is 48.5 Å². The van der Waals surface area contributed by atoms with E-state index in [0.29, 0.717) is 0 Å². The SMILES string of the molecule is CC1(C)c2ccccc2N(CC(N)=O)C12C=Cc1c(ccc3ccccc13)O2. The highest BCUT2D eigenvalue weighted by molar-refractivity contribution is 5.94. The highest BCUT2D eigenvalue weighted by Gasteiger charge is 2.59. The van der Waals surface area contributed by atoms with E-state index in [9.17, 15) is 4.79 Å². The van der Waals surface area contributed by atoms with Crippen molar-refractivity contribution in [3.63, 3.8) is 0 Å². The summed E-state index contributed by atoms with van der Waals surface area (Å²) >= 11 is 0. The molecule has 2 aliphatic heterocycles. The van der Waals surface area contributed by atoms with Gasteiger partial charge in [-0.3, -0.25) is 4.79 Å². The molecule has 1 unspecified atom stereocenters. The highest BCUT2D eigenvalue weighted by atomic mass is 16.5. The highest BCUT2D eigenvalue weighted by Crippen LogP contribution is 2.55. The molecule has 0 saturated heterocycles. The lowest BCUT2D eigenvalue weighted by Crippen LogP contribution is -2.61. The first-order valence-corrected chi connectivity index (χ1v) is 9.49. The molecule has 0 saturated carbocycles. The molecular weight excluding hydrogens is 348 g/mol. The van der Waals surface area contributed by atoms with Crippen LogP contribution in [-0.4, -0.2) is 18.2 Å². The van der Waals surface area contributed by atoms with E-state index in [4.69, 9.17) is 10.5 Å². The van der Waals surface area contributed by atoms with Gasteiger partial charge in [-0.2, -0.15) is 0 Å². The maximum Gasteiger partial charge on any atom is 0.237 e. The fourth-order valence-corrected chi connectivity index (χ4v) is 4.72. The van der Waals surface area contributed by atoms with Crippen LogP contribution in [0.4, 0.5) is 5.69 Å². The van der Waals surface area contributed by atoms with Crippen LogP contribution in [0.25, 0.3) is 16.8 Å². The number of amides is 1. The van der Waals surface area contributed by atoms with Crippen molar-refractivity contribution < 1.29 is 9.53 Å². The first-order chi connectivity index (χ1) is 13.4. The van der Waals surface area contributed by atoms with E-state index in [1.807, 2.05) is 41.3 Å². The molecule has 4 heteroatoms. The Morgan fingerprint density at radius 2 is 1.79 bits per heavy atom. The molecule has 0 fully saturated rings. The Bertz CT molecular complexity index is 1150. The number of hydrogen-bond acceptors (Lipinski definition) is 3. The van der Waals surface area contributed by atoms with Crippen LogP contribution < -0.4 is 15.4 Å². The number of carbonyl (C=O) groups is 1. The lowest BCUT2D eigenvalue weighted by molar-refractivity contribution is -0.117. The van der Waals surface area contributed by atoms with Gasteiger partial charge >= 0.3 is 0 Å². The summed E-state index contributed by atoms with van der Waals surface area (Å²) in [6, 6.07) is 20.5. The molecule has 0 radical (unpaired) electrons. The van der Waals surface area contributed by atoms with Crippen LogP contribution in [0.3, 0.4) is 0 Å². The van der Waals surface area contributed by atoms with Crippen LogP contribution in [-0.2, 0) is 10.2 Å². The molecule has 1 spiro atoms. The molecule has 0 aliphatic carbocycles. The fraction of sp³-hybridized carbons (Fsp3) is 0.208. The van der Waals surface area contributed by atoms with Gasteiger partial charge in [0.1, 0.15) is 12.3 Å². The number of hydrogen-bond donors (Lipinski definition) is 1. The van der Waals surface area contributed by atoms with Crippen LogP contribution in [0.5, 0.6) is 5.75 Å². The summed E-state index contributed by atoms with van der Waals surface area (Å²) in [5, 5.41) is 2.33. The van der Waals surface area contributed by atoms with Gasteiger partial charge in [-0.15, -0.1) is 0 Å². The Hall–Kier alpha value is -3.27. The predicted molar refractivity (Wildman–Crippen MR) is 112 cm³/mol. The van der Waals surface area contributed by atoms with E-state index in [2.05, 4.69) is 50.3 Å². The Morgan fingerprint density at radius 3 is 2.61 bits per heavy atom. The second kappa shape index (κ2) is 5.61. The van der Waals surface area contributed by atoms with Crippen molar-refractivity contribution in [3.05, 3.63) is 77.9 Å². The number of carbonyl (C=O) groups excluding carboxylic acids is 1. The number of anilines is 1. The van der Waals surface area contributed by atoms with Crippen molar-refractivity contribution in [2.75, 3.05) is 11.4 Å². The van der Waals surface area contributed by atoms with E-state index in [-0.39, 0.29) is 17.9 Å². The van der Waals surface area contributed by atoms with E-state index in [1.165, 1.54) is 5.39 Å². The van der Waals surface area contributed by atoms with Gasteiger partial charge in [0.2, 0.25) is 11.6 Å². The minimum absolute atomic E-state index is 0.0910. The van der Waals surface area contributed by atoms with Crippen molar-refractivity contribution in [2.24, 2.45) is 5.73 Å². The zero-order valence-corrected chi connectivity index (χ0v) is 16.0. The number of primary amides is 1. The molecule has 3 aromatic rings. The number of fused-ring (bicyclic) bond motifs is 4. The van der Waals surface area contributed by atoms with E-state index in [1.54, 1.807) is 0 Å². The first-order valence-electron chi connectivity index (χ1n) is 9.49.